The molecule has 2 aliphatic heterocycles. The monoisotopic (exact) mass is 627 g/mol. The lowest BCUT2D eigenvalue weighted by molar-refractivity contribution is -0.165. The summed E-state index contributed by atoms with van der Waals surface area (Å²) in [6.07, 6.45) is -0.0312. The zero-order valence-electron chi connectivity index (χ0n) is 26.9. The minimum Gasteiger partial charge on any atom is -0.455 e. The summed E-state index contributed by atoms with van der Waals surface area (Å²) >= 11 is 0. The lowest BCUT2D eigenvalue weighted by Crippen LogP contribution is -2.44. The molecule has 45 heavy (non-hydrogen) atoms. The van der Waals surface area contributed by atoms with Crippen LogP contribution < -0.4 is 5.32 Å². The molecule has 5 rings (SSSR count). The van der Waals surface area contributed by atoms with Crippen molar-refractivity contribution in [3.63, 3.8) is 0 Å². The fourth-order valence-electron chi connectivity index (χ4n) is 5.38. The van der Waals surface area contributed by atoms with Crippen LogP contribution in [0, 0.1) is 0 Å². The van der Waals surface area contributed by atoms with Crippen molar-refractivity contribution in [2.75, 3.05) is 18.4 Å². The molecule has 2 aliphatic rings. The van der Waals surface area contributed by atoms with Crippen LogP contribution in [-0.4, -0.2) is 84.5 Å². The molecule has 244 valence electrons. The number of ether oxygens (including phenoxy) is 4. The highest BCUT2D eigenvalue weighted by Gasteiger charge is 2.53. The fourth-order valence-corrected chi connectivity index (χ4v) is 5.38. The van der Waals surface area contributed by atoms with E-state index in [4.69, 9.17) is 23.5 Å². The summed E-state index contributed by atoms with van der Waals surface area (Å²) in [6, 6.07) is 1.78. The van der Waals surface area contributed by atoms with Crippen LogP contribution in [0.2, 0.25) is 0 Å². The van der Waals surface area contributed by atoms with Crippen molar-refractivity contribution in [2.45, 2.75) is 110 Å². The van der Waals surface area contributed by atoms with Crippen molar-refractivity contribution in [2.24, 2.45) is 0 Å². The van der Waals surface area contributed by atoms with E-state index in [1.807, 2.05) is 41.5 Å². The van der Waals surface area contributed by atoms with E-state index < -0.39 is 42.1 Å². The highest BCUT2D eigenvalue weighted by Crippen LogP contribution is 2.44. The second-order valence-electron chi connectivity index (χ2n) is 13.4. The van der Waals surface area contributed by atoms with E-state index >= 15 is 0 Å². The van der Waals surface area contributed by atoms with Gasteiger partial charge in [0.1, 0.15) is 11.9 Å². The van der Waals surface area contributed by atoms with Gasteiger partial charge in [0.25, 0.3) is 0 Å². The van der Waals surface area contributed by atoms with Gasteiger partial charge in [-0.05, 0) is 33.6 Å². The van der Waals surface area contributed by atoms with Crippen LogP contribution in [0.25, 0.3) is 11.2 Å². The molecule has 0 radical (unpaired) electrons. The van der Waals surface area contributed by atoms with E-state index in [-0.39, 0.29) is 17.6 Å². The number of esters is 2. The average Bonchev–Trinajstić information content (AvgIpc) is 3.66. The van der Waals surface area contributed by atoms with Crippen molar-refractivity contribution >= 4 is 35.0 Å². The van der Waals surface area contributed by atoms with Crippen LogP contribution in [0.1, 0.15) is 92.0 Å². The predicted octanol–water partition coefficient (Wildman–Crippen LogP) is 4.06. The second kappa shape index (κ2) is 12.3. The van der Waals surface area contributed by atoms with E-state index in [1.54, 1.807) is 15.5 Å². The van der Waals surface area contributed by atoms with Gasteiger partial charge in [-0.1, -0.05) is 25.9 Å². The third-order valence-corrected chi connectivity index (χ3v) is 7.49. The maximum atomic E-state index is 12.5. The Hall–Kier alpha value is -4.27. The molecular formula is C30H41N7O8. The lowest BCUT2D eigenvalue weighted by atomic mass is 9.92. The molecule has 2 fully saturated rings. The molecule has 0 aliphatic carbocycles. The van der Waals surface area contributed by atoms with E-state index in [9.17, 15) is 14.4 Å². The van der Waals surface area contributed by atoms with Gasteiger partial charge >= 0.3 is 18.0 Å². The number of hydrogen-bond donors (Lipinski definition) is 1. The Morgan fingerprint density at radius 3 is 2.22 bits per heavy atom. The molecule has 0 bridgehead atoms. The van der Waals surface area contributed by atoms with Crippen molar-refractivity contribution in [1.29, 1.82) is 0 Å². The fraction of sp³-hybridized carbons (Fsp3) is 0.633. The van der Waals surface area contributed by atoms with Gasteiger partial charge in [-0.25, -0.2) is 19.7 Å². The quantitative estimate of drug-likeness (QED) is 0.306. The summed E-state index contributed by atoms with van der Waals surface area (Å²) < 4.78 is 30.5. The Labute approximate surface area is 260 Å². The molecule has 4 atom stereocenters. The van der Waals surface area contributed by atoms with Gasteiger partial charge in [-0.15, -0.1) is 0 Å². The first-order chi connectivity index (χ1) is 21.1. The van der Waals surface area contributed by atoms with Gasteiger partial charge in [0.05, 0.1) is 12.0 Å². The number of anilines is 1. The standard InChI is InChI=1S/C30H41N7O8/c1-16(38)41-23-22(19-13-20(35-45-19)29(3,4)5)43-27(24(23)42-17(2)39)37-15-33-21-25(31-14-32-26(21)37)34-18-9-11-36(12-10-18)28(40)44-30(6,7)8/h13-15,18,22-24,27H,9-12H2,1-8H3,(H,31,32,34)/t22-,23-,24-,27-/m1/s1. The molecule has 15 nitrogen and oxygen atoms in total. The first-order valence-corrected chi connectivity index (χ1v) is 15.0. The highest BCUT2D eigenvalue weighted by molar-refractivity contribution is 5.83. The molecule has 15 heteroatoms. The third kappa shape index (κ3) is 7.18. The topological polar surface area (TPSA) is 173 Å². The summed E-state index contributed by atoms with van der Waals surface area (Å²) in [6.45, 7) is 15.1. The maximum absolute atomic E-state index is 12.5. The van der Waals surface area contributed by atoms with Gasteiger partial charge in [0.2, 0.25) is 0 Å². The number of rotatable bonds is 6. The number of fused-ring (bicyclic) bond motifs is 1. The molecule has 0 aromatic carbocycles. The molecule has 2 saturated heterocycles. The first kappa shape index (κ1) is 32.1. The van der Waals surface area contributed by atoms with Crippen LogP contribution in [0.4, 0.5) is 10.6 Å². The molecule has 0 spiro atoms. The largest absolute Gasteiger partial charge is 0.455 e. The molecular weight excluding hydrogens is 586 g/mol. The van der Waals surface area contributed by atoms with Gasteiger partial charge in [0, 0.05) is 44.5 Å². The zero-order chi connectivity index (χ0) is 32.7. The Bertz CT molecular complexity index is 1550. The number of hydrogen-bond acceptors (Lipinski definition) is 13. The minimum atomic E-state index is -1.06. The molecule has 3 aromatic rings. The van der Waals surface area contributed by atoms with E-state index in [2.05, 4.69) is 25.4 Å². The molecule has 0 unspecified atom stereocenters. The van der Waals surface area contributed by atoms with Crippen LogP contribution in [0.5, 0.6) is 0 Å². The number of amides is 1. The summed E-state index contributed by atoms with van der Waals surface area (Å²) in [5, 5.41) is 7.63. The van der Waals surface area contributed by atoms with E-state index in [0.29, 0.717) is 54.4 Å². The van der Waals surface area contributed by atoms with Crippen molar-refractivity contribution in [3.05, 3.63) is 30.2 Å². The van der Waals surface area contributed by atoms with Gasteiger partial charge < -0.3 is 33.7 Å². The van der Waals surface area contributed by atoms with Crippen LogP contribution in [-0.2, 0) is 34.0 Å². The van der Waals surface area contributed by atoms with Crippen molar-refractivity contribution in [3.8, 4) is 0 Å². The Morgan fingerprint density at radius 2 is 1.62 bits per heavy atom. The van der Waals surface area contributed by atoms with Crippen LogP contribution >= 0.6 is 0 Å². The van der Waals surface area contributed by atoms with Gasteiger partial charge in [0.15, 0.2) is 47.3 Å². The smallest absolute Gasteiger partial charge is 0.410 e. The number of carbonyl (C=O) groups excluding carboxylic acids is 3. The number of carbonyl (C=O) groups is 3. The SMILES string of the molecule is CC(=O)O[C@@H]1[C@H](OC(C)=O)[C@@H](c2cc(C(C)(C)C)no2)O[C@H]1n1cnc2c(NC3CCN(C(=O)OC(C)(C)C)CC3)ncnc21. The maximum Gasteiger partial charge on any atom is 0.410 e. The molecule has 3 aromatic heterocycles. The van der Waals surface area contributed by atoms with E-state index in [1.165, 1.54) is 26.5 Å². The molecule has 0 saturated carbocycles. The number of likely N-dealkylation sites (tertiary alicyclic amines) is 1. The Kier molecular flexibility index (Phi) is 8.75. The average molecular weight is 628 g/mol. The van der Waals surface area contributed by atoms with Crippen molar-refractivity contribution < 1.29 is 37.9 Å². The number of nitrogens with one attached hydrogen (secondary N) is 1. The number of aromatic nitrogens is 5. The normalized spacial score (nSPS) is 22.8. The minimum absolute atomic E-state index is 0.0321. The van der Waals surface area contributed by atoms with Gasteiger partial charge in [-0.3, -0.25) is 14.2 Å². The number of piperidine rings is 1. The summed E-state index contributed by atoms with van der Waals surface area (Å²) in [5.74, 6) is -0.331. The van der Waals surface area contributed by atoms with Gasteiger partial charge in [-0.2, -0.15) is 0 Å². The second-order valence-corrected chi connectivity index (χ2v) is 13.4. The molecule has 5 heterocycles. The summed E-state index contributed by atoms with van der Waals surface area (Å²) in [4.78, 5) is 52.1. The zero-order valence-corrected chi connectivity index (χ0v) is 26.9. The summed E-state index contributed by atoms with van der Waals surface area (Å²) in [7, 11) is 0. The van der Waals surface area contributed by atoms with Crippen LogP contribution in [0.15, 0.2) is 23.2 Å². The van der Waals surface area contributed by atoms with Crippen molar-refractivity contribution in [1.82, 2.24) is 29.6 Å². The Morgan fingerprint density at radius 1 is 0.956 bits per heavy atom. The molecule has 1 N–H and O–H groups in total. The predicted molar refractivity (Wildman–Crippen MR) is 159 cm³/mol. The van der Waals surface area contributed by atoms with E-state index in [0.717, 1.165) is 0 Å². The third-order valence-electron chi connectivity index (χ3n) is 7.49. The molecule has 1 amide bonds. The first-order valence-electron chi connectivity index (χ1n) is 15.0. The summed E-state index contributed by atoms with van der Waals surface area (Å²) in [5.41, 5.74) is 0.704. The number of imidazole rings is 1. The highest BCUT2D eigenvalue weighted by atomic mass is 16.6. The Balaban J connectivity index is 1.40. The lowest BCUT2D eigenvalue weighted by Gasteiger charge is -2.33. The number of nitrogens with zero attached hydrogens (tertiary/aromatic N) is 6. The van der Waals surface area contributed by atoms with Crippen LogP contribution in [0.3, 0.4) is 0 Å².